The van der Waals surface area contributed by atoms with Crippen LogP contribution in [0.3, 0.4) is 0 Å². The Hall–Kier alpha value is -1.44. The Labute approximate surface area is 171 Å². The van der Waals surface area contributed by atoms with Gasteiger partial charge in [-0.2, -0.15) is 0 Å². The number of carbonyl (C=O) groups is 2. The Bertz CT molecular complexity index is 727. The molecule has 0 bridgehead atoms. The normalized spacial score (nSPS) is 23.0. The molecule has 0 spiro atoms. The summed E-state index contributed by atoms with van der Waals surface area (Å²) in [6.07, 6.45) is 9.05. The summed E-state index contributed by atoms with van der Waals surface area (Å²) in [5.74, 6) is -0.347. The summed E-state index contributed by atoms with van der Waals surface area (Å²) in [6.45, 7) is 4.85. The van der Waals surface area contributed by atoms with E-state index in [1.54, 1.807) is 11.3 Å². The highest BCUT2D eigenvalue weighted by Crippen LogP contribution is 2.38. The molecule has 6 nitrogen and oxygen atoms in total. The van der Waals surface area contributed by atoms with Crippen molar-refractivity contribution < 1.29 is 14.3 Å². The molecule has 1 aromatic heterocycles. The van der Waals surface area contributed by atoms with Gasteiger partial charge in [0.15, 0.2) is 0 Å². The summed E-state index contributed by atoms with van der Waals surface area (Å²) in [6, 6.07) is 0.473. The van der Waals surface area contributed by atoms with Gasteiger partial charge in [0.1, 0.15) is 5.00 Å². The first-order valence-electron chi connectivity index (χ1n) is 10.6. The molecule has 154 valence electrons. The second-order valence-electron chi connectivity index (χ2n) is 8.23. The van der Waals surface area contributed by atoms with E-state index in [0.717, 1.165) is 50.8 Å². The zero-order chi connectivity index (χ0) is 19.5. The molecule has 0 saturated carbocycles. The first-order valence-corrected chi connectivity index (χ1v) is 11.5. The van der Waals surface area contributed by atoms with Gasteiger partial charge in [-0.05, 0) is 76.6 Å². The van der Waals surface area contributed by atoms with Crippen LogP contribution in [0, 0.1) is 0 Å². The van der Waals surface area contributed by atoms with Crippen LogP contribution in [0.5, 0.6) is 0 Å². The number of thiophene rings is 1. The molecular weight excluding hydrogens is 374 g/mol. The lowest BCUT2D eigenvalue weighted by Crippen LogP contribution is -2.42. The number of methoxy groups -OCH3 is 1. The van der Waals surface area contributed by atoms with Crippen LogP contribution in [-0.2, 0) is 22.4 Å². The Balaban J connectivity index is 1.42. The molecule has 1 atom stereocenters. The first kappa shape index (κ1) is 19.9. The number of aryl methyl sites for hydroxylation is 1. The lowest BCUT2D eigenvalue weighted by Gasteiger charge is -2.27. The van der Waals surface area contributed by atoms with Crippen molar-refractivity contribution >= 4 is 28.2 Å². The molecule has 1 unspecified atom stereocenters. The molecule has 3 heterocycles. The SMILES string of the molecule is COC(=O)c1c(NC(=O)CN2CCCC2CN2CCCC2)sc2c1CCCC2. The van der Waals surface area contributed by atoms with Crippen LogP contribution in [0.25, 0.3) is 0 Å². The highest BCUT2D eigenvalue weighted by atomic mass is 32.1. The number of ether oxygens (including phenoxy) is 1. The van der Waals surface area contributed by atoms with Gasteiger partial charge in [0, 0.05) is 17.5 Å². The van der Waals surface area contributed by atoms with Gasteiger partial charge in [-0.15, -0.1) is 11.3 Å². The van der Waals surface area contributed by atoms with Gasteiger partial charge < -0.3 is 15.0 Å². The Morgan fingerprint density at radius 2 is 1.89 bits per heavy atom. The smallest absolute Gasteiger partial charge is 0.341 e. The number of fused-ring (bicyclic) bond motifs is 1. The lowest BCUT2D eigenvalue weighted by atomic mass is 9.95. The summed E-state index contributed by atoms with van der Waals surface area (Å²) in [5.41, 5.74) is 1.68. The molecular formula is C21H31N3O3S. The third-order valence-corrected chi connectivity index (χ3v) is 7.53. The first-order chi connectivity index (χ1) is 13.7. The second kappa shape index (κ2) is 8.93. The van der Waals surface area contributed by atoms with Crippen molar-refractivity contribution in [3.63, 3.8) is 0 Å². The number of rotatable bonds is 6. The number of anilines is 1. The van der Waals surface area contributed by atoms with Crippen molar-refractivity contribution in [1.82, 2.24) is 9.80 Å². The van der Waals surface area contributed by atoms with Gasteiger partial charge in [-0.3, -0.25) is 9.69 Å². The maximum atomic E-state index is 12.8. The van der Waals surface area contributed by atoms with E-state index in [1.807, 2.05) is 0 Å². The molecule has 3 aliphatic rings. The zero-order valence-corrected chi connectivity index (χ0v) is 17.6. The fourth-order valence-electron chi connectivity index (χ4n) is 4.90. The summed E-state index contributed by atoms with van der Waals surface area (Å²) in [5, 5.41) is 3.73. The van der Waals surface area contributed by atoms with Crippen molar-refractivity contribution in [2.45, 2.75) is 57.4 Å². The number of esters is 1. The number of hydrogen-bond donors (Lipinski definition) is 1. The Morgan fingerprint density at radius 1 is 1.11 bits per heavy atom. The van der Waals surface area contributed by atoms with E-state index in [-0.39, 0.29) is 11.9 Å². The summed E-state index contributed by atoms with van der Waals surface area (Å²) in [4.78, 5) is 31.3. The number of likely N-dealkylation sites (tertiary alicyclic amines) is 2. The van der Waals surface area contributed by atoms with E-state index in [1.165, 1.54) is 44.3 Å². The fraction of sp³-hybridized carbons (Fsp3) is 0.714. The Morgan fingerprint density at radius 3 is 2.68 bits per heavy atom. The third kappa shape index (κ3) is 4.26. The van der Waals surface area contributed by atoms with Gasteiger partial charge in [0.25, 0.3) is 0 Å². The van der Waals surface area contributed by atoms with Crippen molar-refractivity contribution in [2.24, 2.45) is 0 Å². The molecule has 7 heteroatoms. The molecule has 1 aliphatic carbocycles. The number of hydrogen-bond acceptors (Lipinski definition) is 6. The summed E-state index contributed by atoms with van der Waals surface area (Å²) in [7, 11) is 1.41. The molecule has 2 saturated heterocycles. The zero-order valence-electron chi connectivity index (χ0n) is 16.8. The number of nitrogens with zero attached hydrogens (tertiary/aromatic N) is 2. The average Bonchev–Trinajstić information content (AvgIpc) is 3.42. The van der Waals surface area contributed by atoms with Gasteiger partial charge in [0.2, 0.25) is 5.91 Å². The topological polar surface area (TPSA) is 61.9 Å². The molecule has 2 aliphatic heterocycles. The molecule has 0 aromatic carbocycles. The van der Waals surface area contributed by atoms with Crippen LogP contribution >= 0.6 is 11.3 Å². The maximum absolute atomic E-state index is 12.8. The molecule has 4 rings (SSSR count). The van der Waals surface area contributed by atoms with Gasteiger partial charge in [-0.1, -0.05) is 0 Å². The van der Waals surface area contributed by atoms with Crippen LogP contribution in [0.2, 0.25) is 0 Å². The highest BCUT2D eigenvalue weighted by molar-refractivity contribution is 7.17. The number of amides is 1. The van der Waals surface area contributed by atoms with E-state index in [2.05, 4.69) is 15.1 Å². The lowest BCUT2D eigenvalue weighted by molar-refractivity contribution is -0.117. The molecule has 1 aromatic rings. The second-order valence-corrected chi connectivity index (χ2v) is 9.33. The van der Waals surface area contributed by atoms with Crippen LogP contribution < -0.4 is 5.32 Å². The van der Waals surface area contributed by atoms with Crippen molar-refractivity contribution in [2.75, 3.05) is 45.2 Å². The molecule has 28 heavy (non-hydrogen) atoms. The summed E-state index contributed by atoms with van der Waals surface area (Å²) < 4.78 is 5.01. The van der Waals surface area contributed by atoms with Gasteiger partial charge in [-0.25, -0.2) is 4.79 Å². The predicted molar refractivity (Wildman–Crippen MR) is 111 cm³/mol. The number of carbonyl (C=O) groups excluding carboxylic acids is 2. The Kier molecular flexibility index (Phi) is 6.33. The minimum atomic E-state index is -0.331. The van der Waals surface area contributed by atoms with E-state index in [9.17, 15) is 9.59 Å². The van der Waals surface area contributed by atoms with Crippen molar-refractivity contribution in [1.29, 1.82) is 0 Å². The quantitative estimate of drug-likeness (QED) is 0.738. The monoisotopic (exact) mass is 405 g/mol. The van der Waals surface area contributed by atoms with Crippen LogP contribution in [0.15, 0.2) is 0 Å². The van der Waals surface area contributed by atoms with Crippen LogP contribution in [0.1, 0.15) is 59.3 Å². The van der Waals surface area contributed by atoms with Crippen molar-refractivity contribution in [3.05, 3.63) is 16.0 Å². The fourth-order valence-corrected chi connectivity index (χ4v) is 6.19. The molecule has 1 N–H and O–H groups in total. The van der Waals surface area contributed by atoms with E-state index < -0.39 is 0 Å². The van der Waals surface area contributed by atoms with Crippen LogP contribution in [-0.4, -0.2) is 67.6 Å². The number of nitrogens with one attached hydrogen (secondary N) is 1. The standard InChI is InChI=1S/C21H31N3O3S/c1-27-21(26)19-16-8-2-3-9-17(16)28-20(19)22-18(25)14-24-12-6-7-15(24)13-23-10-4-5-11-23/h15H,2-14H2,1H3,(H,22,25). The van der Waals surface area contributed by atoms with Gasteiger partial charge in [0.05, 0.1) is 19.2 Å². The minimum absolute atomic E-state index is 0.0166. The average molecular weight is 406 g/mol. The molecule has 2 fully saturated rings. The van der Waals surface area contributed by atoms with Crippen LogP contribution in [0.4, 0.5) is 5.00 Å². The molecule has 0 radical (unpaired) electrons. The van der Waals surface area contributed by atoms with E-state index in [0.29, 0.717) is 23.2 Å². The maximum Gasteiger partial charge on any atom is 0.341 e. The van der Waals surface area contributed by atoms with E-state index in [4.69, 9.17) is 4.74 Å². The third-order valence-electron chi connectivity index (χ3n) is 6.33. The largest absolute Gasteiger partial charge is 0.465 e. The predicted octanol–water partition coefficient (Wildman–Crippen LogP) is 2.91. The molecule has 1 amide bonds. The van der Waals surface area contributed by atoms with Crippen molar-refractivity contribution in [3.8, 4) is 0 Å². The minimum Gasteiger partial charge on any atom is -0.465 e. The van der Waals surface area contributed by atoms with Gasteiger partial charge >= 0.3 is 5.97 Å². The van der Waals surface area contributed by atoms with E-state index >= 15 is 0 Å². The highest BCUT2D eigenvalue weighted by Gasteiger charge is 2.30. The summed E-state index contributed by atoms with van der Waals surface area (Å²) >= 11 is 1.56.